The Balaban J connectivity index is 1.13. The highest BCUT2D eigenvalue weighted by atomic mass is 32.1. The summed E-state index contributed by atoms with van der Waals surface area (Å²) in [5.41, 5.74) is 3.08. The molecule has 0 aliphatic carbocycles. The molecule has 7 heteroatoms. The quantitative estimate of drug-likeness (QED) is 0.0858. The molecule has 0 N–H and O–H groups in total. The van der Waals surface area contributed by atoms with Crippen molar-refractivity contribution in [2.24, 2.45) is 0 Å². The molecule has 0 saturated carbocycles. The summed E-state index contributed by atoms with van der Waals surface area (Å²) in [6, 6.07) is 28.2. The Morgan fingerprint density at radius 1 is 0.347 bits per heavy atom. The Hall–Kier alpha value is -2.10. The lowest BCUT2D eigenvalue weighted by Gasteiger charge is -2.02. The van der Waals surface area contributed by atoms with Crippen LogP contribution < -0.4 is 0 Å². The highest BCUT2D eigenvalue weighted by Crippen LogP contribution is 2.49. The number of unbranched alkanes of at least 4 members (excludes halogenated alkanes) is 6. The Morgan fingerprint density at radius 2 is 0.755 bits per heavy atom. The first-order valence-electron chi connectivity index (χ1n) is 17.7. The third kappa shape index (κ3) is 8.35. The van der Waals surface area contributed by atoms with E-state index >= 15 is 0 Å². The SMILES string of the molecule is CCCCCCc1cc(C)sc1-c1ccc(-c2ccc(-c3sc(-c4ccc(-c5ccc(-c6ccc(C)s6)s5)s4)cc3CCCCCC)s2)s1. The van der Waals surface area contributed by atoms with Crippen LogP contribution in [0.3, 0.4) is 0 Å². The van der Waals surface area contributed by atoms with Crippen LogP contribution in [-0.4, -0.2) is 0 Å². The van der Waals surface area contributed by atoms with Gasteiger partial charge in [-0.2, -0.15) is 0 Å². The highest BCUT2D eigenvalue weighted by molar-refractivity contribution is 7.31. The van der Waals surface area contributed by atoms with E-state index in [9.17, 15) is 0 Å². The number of hydrogen-bond acceptors (Lipinski definition) is 7. The van der Waals surface area contributed by atoms with Gasteiger partial charge in [-0.1, -0.05) is 52.4 Å². The smallest absolute Gasteiger partial charge is 0.0481 e. The molecule has 7 rings (SSSR count). The minimum atomic E-state index is 1.16. The van der Waals surface area contributed by atoms with Gasteiger partial charge in [-0.05, 0) is 123 Å². The standard InChI is InChI=1S/C42H44S7/c1-5-7-9-11-13-29-25-28(4)44-41(29)38-23-21-35(47-38)36-22-24-39(48-36)42-30(14-12-10-8-6-2)26-40(49-42)37-20-19-34(46-37)33-18-17-32(45-33)31-16-15-27(3)43-31/h15-26H,5-14H2,1-4H3. The monoisotopic (exact) mass is 772 g/mol. The average Bonchev–Trinajstić information content (AvgIpc) is 3.93. The minimum Gasteiger partial charge on any atom is -0.140 e. The van der Waals surface area contributed by atoms with E-state index in [0.717, 1.165) is 6.42 Å². The second kappa shape index (κ2) is 16.5. The lowest BCUT2D eigenvalue weighted by molar-refractivity contribution is 0.668. The van der Waals surface area contributed by atoms with Crippen molar-refractivity contribution >= 4 is 79.4 Å². The fraction of sp³-hybridized carbons (Fsp3) is 0.333. The number of thiophene rings is 7. The maximum Gasteiger partial charge on any atom is 0.0481 e. The molecule has 0 aliphatic rings. The molecular formula is C42H44S7. The van der Waals surface area contributed by atoms with E-state index in [0.29, 0.717) is 0 Å². The molecule has 49 heavy (non-hydrogen) atoms. The van der Waals surface area contributed by atoms with Gasteiger partial charge in [0.15, 0.2) is 0 Å². The van der Waals surface area contributed by atoms with Crippen LogP contribution >= 0.6 is 79.4 Å². The fourth-order valence-corrected chi connectivity index (χ4v) is 14.2. The Kier molecular flexibility index (Phi) is 11.9. The van der Waals surface area contributed by atoms with E-state index in [4.69, 9.17) is 0 Å². The van der Waals surface area contributed by atoms with E-state index in [-0.39, 0.29) is 0 Å². The fourth-order valence-electron chi connectivity index (χ4n) is 6.35. The van der Waals surface area contributed by atoms with Crippen LogP contribution in [0.5, 0.6) is 0 Å². The van der Waals surface area contributed by atoms with E-state index < -0.39 is 0 Å². The van der Waals surface area contributed by atoms with Crippen LogP contribution in [0.1, 0.15) is 86.1 Å². The van der Waals surface area contributed by atoms with Crippen molar-refractivity contribution in [3.63, 3.8) is 0 Å². The van der Waals surface area contributed by atoms with Crippen LogP contribution in [-0.2, 0) is 12.8 Å². The summed E-state index contributed by atoms with van der Waals surface area (Å²) in [5, 5.41) is 0. The first-order valence-corrected chi connectivity index (χ1v) is 23.4. The summed E-state index contributed by atoms with van der Waals surface area (Å²) < 4.78 is 0. The number of hydrogen-bond donors (Lipinski definition) is 0. The summed E-state index contributed by atoms with van der Waals surface area (Å²) in [4.78, 5) is 19.7. The molecule has 0 aromatic carbocycles. The second-order valence-electron chi connectivity index (χ2n) is 12.9. The molecule has 0 bridgehead atoms. The third-order valence-electron chi connectivity index (χ3n) is 8.92. The minimum absolute atomic E-state index is 1.16. The van der Waals surface area contributed by atoms with Gasteiger partial charge in [0.1, 0.15) is 0 Å². The zero-order chi connectivity index (χ0) is 33.7. The van der Waals surface area contributed by atoms with Gasteiger partial charge in [0, 0.05) is 68.3 Å². The summed E-state index contributed by atoms with van der Waals surface area (Å²) in [5.74, 6) is 0. The zero-order valence-electron chi connectivity index (χ0n) is 28.9. The Bertz CT molecular complexity index is 2090. The van der Waals surface area contributed by atoms with Gasteiger partial charge in [-0.25, -0.2) is 0 Å². The number of rotatable bonds is 16. The summed E-state index contributed by atoms with van der Waals surface area (Å²) in [6.07, 6.45) is 12.8. The number of aryl methyl sites for hydroxylation is 4. The molecule has 0 nitrogen and oxygen atoms in total. The van der Waals surface area contributed by atoms with E-state index in [1.54, 1.807) is 5.56 Å². The van der Waals surface area contributed by atoms with Crippen molar-refractivity contribution in [2.45, 2.75) is 91.9 Å². The van der Waals surface area contributed by atoms with Crippen molar-refractivity contribution in [2.75, 3.05) is 0 Å². The van der Waals surface area contributed by atoms with Crippen molar-refractivity contribution in [1.82, 2.24) is 0 Å². The van der Waals surface area contributed by atoms with Crippen molar-refractivity contribution in [3.05, 3.63) is 93.7 Å². The van der Waals surface area contributed by atoms with Gasteiger partial charge in [0.05, 0.1) is 0 Å². The first-order chi connectivity index (χ1) is 24.0. The van der Waals surface area contributed by atoms with Crippen LogP contribution in [0.25, 0.3) is 58.5 Å². The van der Waals surface area contributed by atoms with Crippen molar-refractivity contribution in [1.29, 1.82) is 0 Å². The van der Waals surface area contributed by atoms with Gasteiger partial charge in [0.2, 0.25) is 0 Å². The predicted octanol–water partition coefficient (Wildman–Crippen LogP) is 17.0. The van der Waals surface area contributed by atoms with Gasteiger partial charge in [0.25, 0.3) is 0 Å². The zero-order valence-corrected chi connectivity index (χ0v) is 34.6. The molecule has 0 amide bonds. The van der Waals surface area contributed by atoms with Gasteiger partial charge in [-0.3, -0.25) is 0 Å². The van der Waals surface area contributed by atoms with E-state index in [2.05, 4.69) is 100 Å². The molecule has 0 radical (unpaired) electrons. The second-order valence-corrected chi connectivity index (χ2v) is 20.8. The molecule has 254 valence electrons. The Morgan fingerprint density at radius 3 is 1.24 bits per heavy atom. The average molecular weight is 773 g/mol. The normalized spacial score (nSPS) is 11.7. The van der Waals surface area contributed by atoms with E-state index in [1.165, 1.54) is 132 Å². The van der Waals surface area contributed by atoms with Crippen LogP contribution in [0, 0.1) is 13.8 Å². The molecule has 0 atom stereocenters. The molecule has 0 spiro atoms. The third-order valence-corrected chi connectivity index (χ3v) is 17.7. The predicted molar refractivity (Wildman–Crippen MR) is 229 cm³/mol. The topological polar surface area (TPSA) is 0 Å². The molecule has 7 aromatic heterocycles. The van der Waals surface area contributed by atoms with Gasteiger partial charge >= 0.3 is 0 Å². The van der Waals surface area contributed by atoms with Gasteiger partial charge in [-0.15, -0.1) is 79.4 Å². The van der Waals surface area contributed by atoms with Gasteiger partial charge < -0.3 is 0 Å². The highest BCUT2D eigenvalue weighted by Gasteiger charge is 2.19. The first kappa shape index (κ1) is 35.3. The van der Waals surface area contributed by atoms with Crippen LogP contribution in [0.4, 0.5) is 0 Å². The molecule has 0 aliphatic heterocycles. The molecule has 7 heterocycles. The lowest BCUT2D eigenvalue weighted by Crippen LogP contribution is -1.85. The van der Waals surface area contributed by atoms with E-state index in [1.807, 2.05) is 79.4 Å². The Labute approximate surface area is 320 Å². The molecule has 0 unspecified atom stereocenters. The maximum absolute atomic E-state index is 2.51. The maximum atomic E-state index is 2.51. The molecular weight excluding hydrogens is 729 g/mol. The summed E-state index contributed by atoms with van der Waals surface area (Å²) >= 11 is 13.7. The molecule has 0 saturated heterocycles. The van der Waals surface area contributed by atoms with Crippen LogP contribution in [0.2, 0.25) is 0 Å². The molecule has 7 aromatic rings. The molecule has 0 fully saturated rings. The largest absolute Gasteiger partial charge is 0.140 e. The summed E-state index contributed by atoms with van der Waals surface area (Å²) in [6.45, 7) is 9.05. The van der Waals surface area contributed by atoms with Crippen LogP contribution in [0.15, 0.2) is 72.8 Å². The van der Waals surface area contributed by atoms with Crippen molar-refractivity contribution < 1.29 is 0 Å². The lowest BCUT2D eigenvalue weighted by atomic mass is 10.1. The summed E-state index contributed by atoms with van der Waals surface area (Å²) in [7, 11) is 0. The van der Waals surface area contributed by atoms with Crippen molar-refractivity contribution in [3.8, 4) is 58.5 Å².